The number of primary amides is 1. The largest absolute Gasteiger partial charge is 0.510 e. The van der Waals surface area contributed by atoms with Crippen LogP contribution in [0.1, 0.15) is 27.9 Å². The highest BCUT2D eigenvalue weighted by Gasteiger charge is 2.63. The van der Waals surface area contributed by atoms with E-state index in [4.69, 9.17) is 10.6 Å². The van der Waals surface area contributed by atoms with Crippen molar-refractivity contribution in [2.75, 3.05) is 28.3 Å². The van der Waals surface area contributed by atoms with Gasteiger partial charge in [-0.2, -0.15) is 5.06 Å². The van der Waals surface area contributed by atoms with Crippen molar-refractivity contribution in [3.63, 3.8) is 0 Å². The minimum absolute atomic E-state index is 0.0206. The van der Waals surface area contributed by atoms with Gasteiger partial charge in [-0.05, 0) is 50.0 Å². The molecule has 0 aliphatic heterocycles. The van der Waals surface area contributed by atoms with E-state index in [1.54, 1.807) is 32.3 Å². The second-order valence-corrected chi connectivity index (χ2v) is 9.53. The second kappa shape index (κ2) is 8.45. The normalized spacial score (nSPS) is 28.4. The van der Waals surface area contributed by atoms with Gasteiger partial charge in [0.15, 0.2) is 11.4 Å². The Bertz CT molecular complexity index is 1200. The first-order chi connectivity index (χ1) is 16.4. The van der Waals surface area contributed by atoms with Crippen molar-refractivity contribution in [3.8, 4) is 5.75 Å². The molecular formula is C24H29N3O8. The van der Waals surface area contributed by atoms with Crippen LogP contribution in [0.5, 0.6) is 5.75 Å². The predicted molar refractivity (Wildman–Crippen MR) is 122 cm³/mol. The number of nitrogens with zero attached hydrogens (tertiary/aromatic N) is 2. The Kier molecular flexibility index (Phi) is 6.00. The quantitative estimate of drug-likeness (QED) is 0.283. The summed E-state index contributed by atoms with van der Waals surface area (Å²) in [5.41, 5.74) is 2.96. The molecule has 1 aromatic rings. The number of phenols is 1. The van der Waals surface area contributed by atoms with Gasteiger partial charge in [0, 0.05) is 25.1 Å². The third kappa shape index (κ3) is 3.46. The van der Waals surface area contributed by atoms with Crippen LogP contribution in [0.25, 0.3) is 0 Å². The number of aromatic hydroxyl groups is 1. The van der Waals surface area contributed by atoms with E-state index in [0.29, 0.717) is 12.1 Å². The average Bonchev–Trinajstić information content (AvgIpc) is 2.77. The predicted octanol–water partition coefficient (Wildman–Crippen LogP) is 0.114. The SMILES string of the molecule is CON(C)Cc1ccc(O)c2c1C[C@H]1C[C@H]3[C@@H](N(C)C)C(O)=C(C(N)=O)C(=O)[C@@]3(O)C(O)=C1C2=O. The standard InChI is InChI=1S/C24H29N3O8/c1-26(2)18-13-8-11-7-12-10(9-27(3)35-4)5-6-14(28)16(12)19(29)15(11)21(31)24(13,34)22(32)17(20(18)30)23(25)33/h5-6,11,13,18,28,30-31,34H,7-9H2,1-4H3,(H2,25,33)/t11-,13-,18+,24-/m0/s1. The van der Waals surface area contributed by atoms with Gasteiger partial charge in [-0.3, -0.25) is 19.3 Å². The second-order valence-electron chi connectivity index (χ2n) is 9.53. The molecule has 1 amide bonds. The topological polar surface area (TPSA) is 174 Å². The summed E-state index contributed by atoms with van der Waals surface area (Å²) in [6, 6.07) is 2.03. The van der Waals surface area contributed by atoms with E-state index in [1.807, 2.05) is 0 Å². The van der Waals surface area contributed by atoms with Gasteiger partial charge in [0.25, 0.3) is 5.91 Å². The molecule has 35 heavy (non-hydrogen) atoms. The van der Waals surface area contributed by atoms with Crippen molar-refractivity contribution in [2.24, 2.45) is 17.6 Å². The first-order valence-corrected chi connectivity index (χ1v) is 11.1. The van der Waals surface area contributed by atoms with Crippen LogP contribution in [0.15, 0.2) is 34.8 Å². The molecule has 0 saturated heterocycles. The van der Waals surface area contributed by atoms with Crippen LogP contribution < -0.4 is 5.73 Å². The number of carbonyl (C=O) groups excluding carboxylic acids is 3. The Balaban J connectivity index is 1.92. The van der Waals surface area contributed by atoms with E-state index in [9.17, 15) is 34.8 Å². The first kappa shape index (κ1) is 24.9. The molecule has 0 spiro atoms. The van der Waals surface area contributed by atoms with Crippen molar-refractivity contribution >= 4 is 17.5 Å². The molecule has 0 heterocycles. The van der Waals surface area contributed by atoms with E-state index in [1.165, 1.54) is 18.1 Å². The molecule has 3 aliphatic carbocycles. The van der Waals surface area contributed by atoms with Crippen molar-refractivity contribution < 1.29 is 39.6 Å². The van der Waals surface area contributed by atoms with Gasteiger partial charge in [0.2, 0.25) is 5.78 Å². The number of hydroxylamine groups is 2. The lowest BCUT2D eigenvalue weighted by Crippen LogP contribution is -2.63. The summed E-state index contributed by atoms with van der Waals surface area (Å²) in [5.74, 6) is -6.67. The Labute approximate surface area is 201 Å². The number of likely N-dealkylation sites (N-methyl/N-ethyl adjacent to an activating group) is 1. The van der Waals surface area contributed by atoms with E-state index in [2.05, 4.69) is 0 Å². The van der Waals surface area contributed by atoms with Crippen LogP contribution >= 0.6 is 0 Å². The van der Waals surface area contributed by atoms with Crippen molar-refractivity contribution in [3.05, 3.63) is 51.5 Å². The van der Waals surface area contributed by atoms with E-state index >= 15 is 0 Å². The third-order valence-electron chi connectivity index (χ3n) is 7.41. The molecule has 4 rings (SSSR count). The number of ketones is 2. The number of amides is 1. The number of benzene rings is 1. The van der Waals surface area contributed by atoms with Crippen molar-refractivity contribution in [1.82, 2.24) is 9.96 Å². The molecule has 11 heteroatoms. The molecule has 1 aromatic carbocycles. The van der Waals surface area contributed by atoms with Gasteiger partial charge >= 0.3 is 0 Å². The Morgan fingerprint density at radius 2 is 1.86 bits per heavy atom. The summed E-state index contributed by atoms with van der Waals surface area (Å²) in [4.78, 5) is 45.6. The van der Waals surface area contributed by atoms with Gasteiger partial charge in [-0.15, -0.1) is 0 Å². The van der Waals surface area contributed by atoms with E-state index in [-0.39, 0.29) is 29.7 Å². The molecular weight excluding hydrogens is 458 g/mol. The number of hydrogen-bond acceptors (Lipinski definition) is 10. The molecule has 0 aromatic heterocycles. The zero-order valence-electron chi connectivity index (χ0n) is 19.9. The van der Waals surface area contributed by atoms with Crippen LogP contribution in [0.3, 0.4) is 0 Å². The molecule has 3 aliphatic rings. The zero-order chi connectivity index (χ0) is 26.0. The molecule has 11 nitrogen and oxygen atoms in total. The highest BCUT2D eigenvalue weighted by atomic mass is 16.7. The monoisotopic (exact) mass is 487 g/mol. The summed E-state index contributed by atoms with van der Waals surface area (Å²) < 4.78 is 0. The van der Waals surface area contributed by atoms with Gasteiger partial charge in [0.1, 0.15) is 22.8 Å². The maximum atomic E-state index is 13.6. The van der Waals surface area contributed by atoms with Crippen LogP contribution in [-0.4, -0.2) is 87.8 Å². The lowest BCUT2D eigenvalue weighted by molar-refractivity contribution is -0.148. The Morgan fingerprint density at radius 1 is 1.20 bits per heavy atom. The maximum Gasteiger partial charge on any atom is 0.255 e. The third-order valence-corrected chi connectivity index (χ3v) is 7.41. The Hall–Kier alpha value is -3.25. The van der Waals surface area contributed by atoms with Gasteiger partial charge in [-0.1, -0.05) is 6.07 Å². The molecule has 0 saturated carbocycles. The molecule has 0 radical (unpaired) electrons. The summed E-state index contributed by atoms with van der Waals surface area (Å²) in [6.07, 6.45) is 0.275. The molecule has 0 bridgehead atoms. The number of phenolic OH excluding ortho intramolecular Hbond substituents is 1. The number of nitrogens with two attached hydrogens (primary N) is 1. The van der Waals surface area contributed by atoms with Crippen molar-refractivity contribution in [1.29, 1.82) is 0 Å². The summed E-state index contributed by atoms with van der Waals surface area (Å²) in [5, 5.41) is 45.7. The van der Waals surface area contributed by atoms with Crippen LogP contribution in [0, 0.1) is 11.8 Å². The average molecular weight is 488 g/mol. The summed E-state index contributed by atoms with van der Waals surface area (Å²) in [7, 11) is 6.39. The Morgan fingerprint density at radius 3 is 2.43 bits per heavy atom. The number of allylic oxidation sites excluding steroid dienone is 1. The number of carbonyl (C=O) groups is 3. The summed E-state index contributed by atoms with van der Waals surface area (Å²) in [6.45, 7) is 0.321. The molecule has 0 fully saturated rings. The maximum absolute atomic E-state index is 13.6. The van der Waals surface area contributed by atoms with E-state index in [0.717, 1.165) is 5.56 Å². The number of aliphatic hydroxyl groups is 3. The van der Waals surface area contributed by atoms with Gasteiger partial charge < -0.3 is 31.0 Å². The minimum Gasteiger partial charge on any atom is -0.510 e. The van der Waals surface area contributed by atoms with Crippen LogP contribution in [0.4, 0.5) is 0 Å². The number of aliphatic hydroxyl groups excluding tert-OH is 2. The van der Waals surface area contributed by atoms with Crippen molar-refractivity contribution in [2.45, 2.75) is 31.0 Å². The smallest absolute Gasteiger partial charge is 0.255 e. The first-order valence-electron chi connectivity index (χ1n) is 11.1. The molecule has 0 unspecified atom stereocenters. The number of hydrogen-bond donors (Lipinski definition) is 5. The fourth-order valence-corrected chi connectivity index (χ4v) is 5.77. The highest BCUT2D eigenvalue weighted by Crippen LogP contribution is 2.52. The number of rotatable bonds is 5. The zero-order valence-corrected chi connectivity index (χ0v) is 19.9. The summed E-state index contributed by atoms with van der Waals surface area (Å²) >= 11 is 0. The van der Waals surface area contributed by atoms with Gasteiger partial charge in [0.05, 0.1) is 18.7 Å². The number of fused-ring (bicyclic) bond motifs is 3. The van der Waals surface area contributed by atoms with E-state index < -0.39 is 58.0 Å². The van der Waals surface area contributed by atoms with Crippen LogP contribution in [0.2, 0.25) is 0 Å². The minimum atomic E-state index is -2.64. The fourth-order valence-electron chi connectivity index (χ4n) is 5.77. The fraction of sp³-hybridized carbons (Fsp3) is 0.458. The molecule has 6 N–H and O–H groups in total. The lowest BCUT2D eigenvalue weighted by atomic mass is 9.58. The van der Waals surface area contributed by atoms with Crippen LogP contribution in [-0.2, 0) is 27.4 Å². The van der Waals surface area contributed by atoms with Gasteiger partial charge in [-0.25, -0.2) is 0 Å². The lowest BCUT2D eigenvalue weighted by Gasteiger charge is -2.50. The number of Topliss-reactive ketones (excluding diaryl/α,β-unsaturated/α-hetero) is 2. The highest BCUT2D eigenvalue weighted by molar-refractivity contribution is 6.24. The molecule has 4 atom stereocenters. The molecule has 188 valence electrons.